The summed E-state index contributed by atoms with van der Waals surface area (Å²) < 4.78 is 0. The Hall–Kier alpha value is -0.0600. The van der Waals surface area contributed by atoms with E-state index < -0.39 is 17.4 Å². The summed E-state index contributed by atoms with van der Waals surface area (Å²) in [7, 11) is 0. The van der Waals surface area contributed by atoms with Gasteiger partial charge in [0, 0.05) is 0 Å². The second-order valence-corrected chi connectivity index (χ2v) is 2.24. The summed E-state index contributed by atoms with van der Waals surface area (Å²) in [5, 5.41) is 16.5. The monoisotopic (exact) mass is 156 g/mol. The van der Waals surface area contributed by atoms with Gasteiger partial charge in [-0.1, -0.05) is 0 Å². The van der Waals surface area contributed by atoms with E-state index in [0.717, 1.165) is 13.8 Å². The molecule has 5 heteroatoms. The number of hydrogen-bond acceptors (Lipinski definition) is 2. The molecule has 0 fully saturated rings. The smallest absolute Gasteiger partial charge is 1.00 e. The minimum absolute atomic E-state index is 0. The molecular weight excluding hydrogens is 147 g/mol. The summed E-state index contributed by atoms with van der Waals surface area (Å²) in [6.07, 6.45) is 0. The molecule has 0 aromatic heterocycles. The Kier molecular flexibility index (Phi) is 4.98. The molecule has 4 nitrogen and oxygen atoms in total. The van der Waals surface area contributed by atoms with Crippen LogP contribution in [0.4, 0.5) is 0 Å². The van der Waals surface area contributed by atoms with E-state index in [1.807, 2.05) is 0 Å². The largest absolute Gasteiger partial charge is 1.00 e. The zero-order valence-corrected chi connectivity index (χ0v) is 8.21. The fourth-order valence-electron chi connectivity index (χ4n) is 0.0915. The van der Waals surface area contributed by atoms with E-state index in [0.29, 0.717) is 0 Å². The number of carboxylic acid groups (broad SMARTS) is 2. The van der Waals surface area contributed by atoms with Crippen LogP contribution in [0.3, 0.4) is 0 Å². The van der Waals surface area contributed by atoms with E-state index in [1.54, 1.807) is 0 Å². The van der Waals surface area contributed by atoms with Gasteiger partial charge in [-0.15, -0.1) is 0 Å². The topological polar surface area (TPSA) is 74.6 Å². The third-order valence-electron chi connectivity index (χ3n) is 1.07. The minimum atomic E-state index is -1.67. The quantitative estimate of drug-likeness (QED) is 0.337. The van der Waals surface area contributed by atoms with Gasteiger partial charge in [0.2, 0.25) is 0 Å². The van der Waals surface area contributed by atoms with E-state index in [-0.39, 0.29) is 31.0 Å². The predicted molar refractivity (Wildman–Crippen MR) is 30.2 cm³/mol. The van der Waals surface area contributed by atoms with Crippen LogP contribution in [0.2, 0.25) is 0 Å². The standard InChI is InChI=1S/C5H8O4.Na.H/c1-5(2,3(6)7)4(8)9;;/h1-2H3,(H,6,7)(H,8,9);;/q;+1;-1. The molecular formula is C5H9NaO4. The van der Waals surface area contributed by atoms with Crippen molar-refractivity contribution in [2.45, 2.75) is 13.8 Å². The molecule has 0 atom stereocenters. The summed E-state index contributed by atoms with van der Waals surface area (Å²) >= 11 is 0. The average Bonchev–Trinajstić information content (AvgIpc) is 1.65. The van der Waals surface area contributed by atoms with E-state index in [2.05, 4.69) is 0 Å². The molecule has 0 aliphatic carbocycles. The van der Waals surface area contributed by atoms with Crippen LogP contribution in [0.15, 0.2) is 0 Å². The number of aliphatic carboxylic acids is 2. The van der Waals surface area contributed by atoms with E-state index in [4.69, 9.17) is 10.2 Å². The fraction of sp³-hybridized carbons (Fsp3) is 0.600. The van der Waals surface area contributed by atoms with E-state index in [9.17, 15) is 9.59 Å². The van der Waals surface area contributed by atoms with Gasteiger partial charge in [0.25, 0.3) is 0 Å². The maximum atomic E-state index is 10.1. The van der Waals surface area contributed by atoms with Gasteiger partial charge < -0.3 is 11.6 Å². The Morgan fingerprint density at radius 1 is 1.20 bits per heavy atom. The first-order valence-electron chi connectivity index (χ1n) is 2.36. The first-order chi connectivity index (χ1) is 3.89. The van der Waals surface area contributed by atoms with Crippen molar-refractivity contribution in [1.29, 1.82) is 0 Å². The molecule has 0 bridgehead atoms. The summed E-state index contributed by atoms with van der Waals surface area (Å²) in [5.74, 6) is -2.65. The Balaban J connectivity index is -0.000000320. The van der Waals surface area contributed by atoms with Gasteiger partial charge in [-0.05, 0) is 13.8 Å². The van der Waals surface area contributed by atoms with Gasteiger partial charge >= 0.3 is 41.5 Å². The van der Waals surface area contributed by atoms with Gasteiger partial charge in [0.1, 0.15) is 0 Å². The van der Waals surface area contributed by atoms with Crippen LogP contribution in [0.5, 0.6) is 0 Å². The molecule has 2 N–H and O–H groups in total. The van der Waals surface area contributed by atoms with Crippen LogP contribution in [0.1, 0.15) is 15.3 Å². The summed E-state index contributed by atoms with van der Waals surface area (Å²) in [4.78, 5) is 20.2. The van der Waals surface area contributed by atoms with Crippen molar-refractivity contribution in [2.75, 3.05) is 0 Å². The van der Waals surface area contributed by atoms with Crippen LogP contribution in [0, 0.1) is 5.41 Å². The average molecular weight is 156 g/mol. The maximum Gasteiger partial charge on any atom is 1.00 e. The Morgan fingerprint density at radius 2 is 1.40 bits per heavy atom. The Bertz CT molecular complexity index is 141. The van der Waals surface area contributed by atoms with Gasteiger partial charge in [-0.3, -0.25) is 9.59 Å². The molecule has 0 saturated heterocycles. The first-order valence-corrected chi connectivity index (χ1v) is 2.36. The van der Waals surface area contributed by atoms with Crippen molar-refractivity contribution in [3.05, 3.63) is 0 Å². The minimum Gasteiger partial charge on any atom is -1.00 e. The first kappa shape index (κ1) is 12.6. The SMILES string of the molecule is CC(C)(C(=O)O)C(=O)O.[H-].[Na+]. The number of rotatable bonds is 2. The van der Waals surface area contributed by atoms with E-state index >= 15 is 0 Å². The molecule has 10 heavy (non-hydrogen) atoms. The molecule has 0 aliphatic rings. The van der Waals surface area contributed by atoms with Crippen LogP contribution in [0.25, 0.3) is 0 Å². The summed E-state index contributed by atoms with van der Waals surface area (Å²) in [6, 6.07) is 0. The van der Waals surface area contributed by atoms with Crippen LogP contribution in [-0.4, -0.2) is 22.2 Å². The number of carbonyl (C=O) groups is 2. The van der Waals surface area contributed by atoms with Crippen molar-refractivity contribution in [3.8, 4) is 0 Å². The van der Waals surface area contributed by atoms with Crippen molar-refractivity contribution in [3.63, 3.8) is 0 Å². The predicted octanol–water partition coefficient (Wildman–Crippen LogP) is -2.70. The molecule has 0 unspecified atom stereocenters. The normalized spacial score (nSPS) is 9.80. The molecule has 0 amide bonds. The van der Waals surface area contributed by atoms with Gasteiger partial charge in [-0.2, -0.15) is 0 Å². The third-order valence-corrected chi connectivity index (χ3v) is 1.07. The van der Waals surface area contributed by atoms with Gasteiger partial charge in [0.15, 0.2) is 5.41 Å². The molecule has 0 rings (SSSR count). The molecule has 0 radical (unpaired) electrons. The Labute approximate surface area is 82.0 Å². The Morgan fingerprint density at radius 3 is 1.40 bits per heavy atom. The summed E-state index contributed by atoms with van der Waals surface area (Å²) in [6.45, 7) is 2.27. The maximum absolute atomic E-state index is 10.1. The van der Waals surface area contributed by atoms with Crippen molar-refractivity contribution in [1.82, 2.24) is 0 Å². The summed E-state index contributed by atoms with van der Waals surface area (Å²) in [5.41, 5.74) is -1.67. The molecule has 0 saturated carbocycles. The number of hydrogen-bond donors (Lipinski definition) is 2. The van der Waals surface area contributed by atoms with Crippen molar-refractivity contribution in [2.24, 2.45) is 5.41 Å². The van der Waals surface area contributed by atoms with Crippen molar-refractivity contribution >= 4 is 11.9 Å². The van der Waals surface area contributed by atoms with E-state index in [1.165, 1.54) is 0 Å². The molecule has 0 aromatic rings. The molecule has 0 heterocycles. The fourth-order valence-corrected chi connectivity index (χ4v) is 0.0915. The van der Waals surface area contributed by atoms with Crippen LogP contribution < -0.4 is 29.6 Å². The molecule has 0 aromatic carbocycles. The van der Waals surface area contributed by atoms with Crippen LogP contribution >= 0.6 is 0 Å². The zero-order valence-electron chi connectivity index (χ0n) is 7.21. The molecule has 0 aliphatic heterocycles. The molecule has 0 spiro atoms. The zero-order chi connectivity index (χ0) is 7.65. The third kappa shape index (κ3) is 2.68. The number of carboxylic acids is 2. The second kappa shape index (κ2) is 3.95. The van der Waals surface area contributed by atoms with Gasteiger partial charge in [0.05, 0.1) is 0 Å². The van der Waals surface area contributed by atoms with Crippen LogP contribution in [-0.2, 0) is 9.59 Å². The van der Waals surface area contributed by atoms with Crippen molar-refractivity contribution < 1.29 is 50.8 Å². The molecule has 54 valence electrons. The second-order valence-electron chi connectivity index (χ2n) is 2.24. The van der Waals surface area contributed by atoms with Gasteiger partial charge in [-0.25, -0.2) is 0 Å².